The van der Waals surface area contributed by atoms with E-state index in [9.17, 15) is 39.0 Å². The molecule has 188 valence electrons. The summed E-state index contributed by atoms with van der Waals surface area (Å²) in [6.07, 6.45) is 0.682. The van der Waals surface area contributed by atoms with Crippen LogP contribution < -0.4 is 27.4 Å². The first-order valence-corrected chi connectivity index (χ1v) is 11.3. The maximum atomic E-state index is 12.6. The van der Waals surface area contributed by atoms with Crippen LogP contribution >= 0.6 is 11.8 Å². The number of nitrogens with two attached hydrogens (primary N) is 2. The zero-order chi connectivity index (χ0) is 25.6. The van der Waals surface area contributed by atoms with Crippen LogP contribution in [0.1, 0.15) is 32.1 Å². The topological polar surface area (TPSA) is 251 Å². The first-order chi connectivity index (χ1) is 15.4. The van der Waals surface area contributed by atoms with Crippen LogP contribution in [-0.2, 0) is 28.8 Å². The standard InChI is InChI=1S/C18H31N5O9S/c1-33-7-6-11(18(31)32)22-16(29)10(3-5-14(26)27)21-17(30)12(8-24)23-15(28)9(19)2-4-13(20)25/h9-12,24H,2-8,19H2,1H3,(H2,20,25)(H,21,30)(H,22,29)(H,23,28)(H,26,27)(H,31,32). The molecule has 0 saturated heterocycles. The van der Waals surface area contributed by atoms with Gasteiger partial charge in [-0.2, -0.15) is 11.8 Å². The number of amides is 4. The number of hydrogen-bond acceptors (Lipinski definition) is 9. The van der Waals surface area contributed by atoms with Crippen molar-refractivity contribution in [1.29, 1.82) is 0 Å². The van der Waals surface area contributed by atoms with Crippen LogP contribution in [0.3, 0.4) is 0 Å². The molecule has 10 N–H and O–H groups in total. The van der Waals surface area contributed by atoms with Gasteiger partial charge in [0.05, 0.1) is 12.6 Å². The molecule has 0 aromatic carbocycles. The number of nitrogens with one attached hydrogen (secondary N) is 3. The van der Waals surface area contributed by atoms with Gasteiger partial charge in [0.1, 0.15) is 18.1 Å². The van der Waals surface area contributed by atoms with Crippen molar-refractivity contribution in [2.24, 2.45) is 11.5 Å². The Morgan fingerprint density at radius 1 is 0.818 bits per heavy atom. The summed E-state index contributed by atoms with van der Waals surface area (Å²) in [6.45, 7) is -0.876. The lowest BCUT2D eigenvalue weighted by Crippen LogP contribution is -2.58. The quantitative estimate of drug-likeness (QED) is 0.0997. The summed E-state index contributed by atoms with van der Waals surface area (Å²) in [7, 11) is 0. The van der Waals surface area contributed by atoms with E-state index in [1.54, 1.807) is 6.26 Å². The minimum Gasteiger partial charge on any atom is -0.481 e. The van der Waals surface area contributed by atoms with Crippen LogP contribution in [0.4, 0.5) is 0 Å². The Morgan fingerprint density at radius 2 is 1.36 bits per heavy atom. The molecule has 0 rings (SSSR count). The summed E-state index contributed by atoms with van der Waals surface area (Å²) >= 11 is 1.36. The number of carboxylic acid groups (broad SMARTS) is 2. The Balaban J connectivity index is 5.26. The Labute approximate surface area is 194 Å². The van der Waals surface area contributed by atoms with Crippen molar-refractivity contribution < 1.29 is 44.1 Å². The molecule has 15 heteroatoms. The monoisotopic (exact) mass is 493 g/mol. The Morgan fingerprint density at radius 3 is 1.85 bits per heavy atom. The van der Waals surface area contributed by atoms with Crippen molar-refractivity contribution in [3.05, 3.63) is 0 Å². The largest absolute Gasteiger partial charge is 0.481 e. The second kappa shape index (κ2) is 15.8. The highest BCUT2D eigenvalue weighted by molar-refractivity contribution is 7.98. The molecule has 0 aromatic heterocycles. The van der Waals surface area contributed by atoms with Crippen molar-refractivity contribution in [2.75, 3.05) is 18.6 Å². The van der Waals surface area contributed by atoms with Gasteiger partial charge in [-0.15, -0.1) is 0 Å². The van der Waals surface area contributed by atoms with E-state index in [1.807, 2.05) is 0 Å². The second-order valence-electron chi connectivity index (χ2n) is 7.03. The molecule has 4 atom stereocenters. The lowest BCUT2D eigenvalue weighted by molar-refractivity contribution is -0.143. The zero-order valence-corrected chi connectivity index (χ0v) is 18.9. The van der Waals surface area contributed by atoms with Gasteiger partial charge in [-0.25, -0.2) is 4.79 Å². The molecule has 33 heavy (non-hydrogen) atoms. The number of aliphatic hydroxyl groups is 1. The van der Waals surface area contributed by atoms with Crippen molar-refractivity contribution in [1.82, 2.24) is 16.0 Å². The smallest absolute Gasteiger partial charge is 0.326 e. The number of aliphatic hydroxyl groups excluding tert-OH is 1. The number of carbonyl (C=O) groups excluding carboxylic acids is 4. The average molecular weight is 494 g/mol. The number of thioether (sulfide) groups is 1. The van der Waals surface area contributed by atoms with E-state index < -0.39 is 72.8 Å². The van der Waals surface area contributed by atoms with E-state index in [-0.39, 0.29) is 25.7 Å². The van der Waals surface area contributed by atoms with Gasteiger partial charge in [0.15, 0.2) is 0 Å². The van der Waals surface area contributed by atoms with Crippen LogP contribution in [0, 0.1) is 0 Å². The van der Waals surface area contributed by atoms with Gasteiger partial charge < -0.3 is 42.7 Å². The van der Waals surface area contributed by atoms with Gasteiger partial charge in [0.25, 0.3) is 0 Å². The molecule has 0 spiro atoms. The summed E-state index contributed by atoms with van der Waals surface area (Å²) in [5, 5.41) is 34.3. The van der Waals surface area contributed by atoms with Gasteiger partial charge in [0.2, 0.25) is 23.6 Å². The normalized spacial score (nSPS) is 14.3. The fourth-order valence-electron chi connectivity index (χ4n) is 2.48. The van der Waals surface area contributed by atoms with E-state index >= 15 is 0 Å². The summed E-state index contributed by atoms with van der Waals surface area (Å²) in [4.78, 5) is 70.2. The number of aliphatic carboxylic acids is 2. The van der Waals surface area contributed by atoms with Crippen molar-refractivity contribution in [3.63, 3.8) is 0 Å². The Bertz CT molecular complexity index is 721. The van der Waals surface area contributed by atoms with E-state index in [4.69, 9.17) is 16.6 Å². The summed E-state index contributed by atoms with van der Waals surface area (Å²) in [5.41, 5.74) is 10.6. The second-order valence-corrected chi connectivity index (χ2v) is 8.02. The van der Waals surface area contributed by atoms with Gasteiger partial charge in [-0.3, -0.25) is 24.0 Å². The SMILES string of the molecule is CSCCC(NC(=O)C(CCC(=O)O)NC(=O)C(CO)NC(=O)C(N)CCC(N)=O)C(=O)O. The van der Waals surface area contributed by atoms with Crippen LogP contribution in [0.15, 0.2) is 0 Å². The van der Waals surface area contributed by atoms with E-state index in [0.29, 0.717) is 5.75 Å². The lowest BCUT2D eigenvalue weighted by atomic mass is 10.1. The van der Waals surface area contributed by atoms with Gasteiger partial charge >= 0.3 is 11.9 Å². The molecule has 0 heterocycles. The maximum Gasteiger partial charge on any atom is 0.326 e. The van der Waals surface area contributed by atoms with Crippen molar-refractivity contribution >= 4 is 47.3 Å². The van der Waals surface area contributed by atoms with Crippen molar-refractivity contribution in [3.8, 4) is 0 Å². The molecule has 4 unspecified atom stereocenters. The summed E-state index contributed by atoms with van der Waals surface area (Å²) in [6, 6.07) is -5.44. The van der Waals surface area contributed by atoms with Crippen molar-refractivity contribution in [2.45, 2.75) is 56.3 Å². The number of carbonyl (C=O) groups is 6. The summed E-state index contributed by atoms with van der Waals surface area (Å²) < 4.78 is 0. The molecule has 0 saturated carbocycles. The van der Waals surface area contributed by atoms with Gasteiger partial charge in [-0.05, 0) is 31.3 Å². The number of primary amides is 1. The Hall–Kier alpha value is -2.91. The minimum atomic E-state index is -1.54. The zero-order valence-electron chi connectivity index (χ0n) is 18.1. The lowest BCUT2D eigenvalue weighted by Gasteiger charge is -2.24. The highest BCUT2D eigenvalue weighted by Crippen LogP contribution is 2.05. The summed E-state index contributed by atoms with van der Waals surface area (Å²) in [5.74, 6) is -5.62. The molecule has 0 aliphatic heterocycles. The fourth-order valence-corrected chi connectivity index (χ4v) is 2.95. The third kappa shape index (κ3) is 12.6. The van der Waals surface area contributed by atoms with E-state index in [1.165, 1.54) is 11.8 Å². The molecule has 0 radical (unpaired) electrons. The van der Waals surface area contributed by atoms with E-state index in [2.05, 4.69) is 16.0 Å². The minimum absolute atomic E-state index is 0.0976. The third-order valence-electron chi connectivity index (χ3n) is 4.36. The van der Waals surface area contributed by atoms with Gasteiger partial charge in [0, 0.05) is 12.8 Å². The predicted octanol–water partition coefficient (Wildman–Crippen LogP) is -3.27. The number of hydrogen-bond donors (Lipinski definition) is 8. The molecule has 14 nitrogen and oxygen atoms in total. The molecule has 0 bridgehead atoms. The third-order valence-corrected chi connectivity index (χ3v) is 5.00. The van der Waals surface area contributed by atoms with E-state index in [0.717, 1.165) is 0 Å². The Kier molecular flexibility index (Phi) is 14.4. The molecule has 0 fully saturated rings. The first-order valence-electron chi connectivity index (χ1n) is 9.92. The molecular weight excluding hydrogens is 462 g/mol. The van der Waals surface area contributed by atoms with Crippen LogP contribution in [0.2, 0.25) is 0 Å². The highest BCUT2D eigenvalue weighted by Gasteiger charge is 2.30. The highest BCUT2D eigenvalue weighted by atomic mass is 32.2. The molecular formula is C18H31N5O9S. The number of rotatable bonds is 17. The average Bonchev–Trinajstić information content (AvgIpc) is 2.74. The van der Waals surface area contributed by atoms with Crippen LogP contribution in [0.25, 0.3) is 0 Å². The first kappa shape index (κ1) is 30.1. The predicted molar refractivity (Wildman–Crippen MR) is 117 cm³/mol. The molecule has 0 aliphatic rings. The molecule has 0 aliphatic carbocycles. The molecule has 4 amide bonds. The maximum absolute atomic E-state index is 12.6. The number of carboxylic acids is 2. The molecule has 0 aromatic rings. The van der Waals surface area contributed by atoms with Crippen LogP contribution in [0.5, 0.6) is 0 Å². The van der Waals surface area contributed by atoms with Gasteiger partial charge in [-0.1, -0.05) is 0 Å². The van der Waals surface area contributed by atoms with Crippen LogP contribution in [-0.4, -0.2) is 93.7 Å². The fraction of sp³-hybridized carbons (Fsp3) is 0.667.